The fraction of sp³-hybridized carbons (Fsp3) is 0.440. The molecule has 4 rings (SSSR count). The summed E-state index contributed by atoms with van der Waals surface area (Å²) < 4.78 is 7.68. The first kappa shape index (κ1) is 23.8. The van der Waals surface area contributed by atoms with E-state index >= 15 is 0 Å². The molecule has 0 saturated heterocycles. The first-order chi connectivity index (χ1) is 15.6. The summed E-state index contributed by atoms with van der Waals surface area (Å²) in [7, 11) is 0. The summed E-state index contributed by atoms with van der Waals surface area (Å²) in [5.41, 5.74) is 2.82. The number of aryl methyl sites for hydroxylation is 1. The summed E-state index contributed by atoms with van der Waals surface area (Å²) in [5.74, 6) is 3.27. The summed E-state index contributed by atoms with van der Waals surface area (Å²) in [6.07, 6.45) is 17.3. The van der Waals surface area contributed by atoms with E-state index in [4.69, 9.17) is 16.2 Å². The number of rotatable bonds is 6. The van der Waals surface area contributed by atoms with Gasteiger partial charge in [0.25, 0.3) is 5.91 Å². The number of ether oxygens (including phenoxy) is 1. The second-order valence-electron chi connectivity index (χ2n) is 8.26. The molecule has 0 radical (unpaired) electrons. The van der Waals surface area contributed by atoms with Gasteiger partial charge in [-0.3, -0.25) is 4.79 Å². The number of halogens is 2. The van der Waals surface area contributed by atoms with Crippen molar-refractivity contribution in [2.45, 2.75) is 63.8 Å². The number of carbonyl (C=O) groups is 1. The zero-order valence-electron chi connectivity index (χ0n) is 17.9. The van der Waals surface area contributed by atoms with Crippen LogP contribution >= 0.6 is 49.9 Å². The molecule has 168 valence electrons. The zero-order valence-corrected chi connectivity index (χ0v) is 22.4. The van der Waals surface area contributed by atoms with Crippen molar-refractivity contribution in [2.24, 2.45) is 4.99 Å². The van der Waals surface area contributed by atoms with Crippen LogP contribution in [0.1, 0.15) is 71.3 Å². The van der Waals surface area contributed by atoms with Crippen molar-refractivity contribution < 1.29 is 9.53 Å². The van der Waals surface area contributed by atoms with Gasteiger partial charge >= 0.3 is 0 Å². The Morgan fingerprint density at radius 2 is 2.06 bits per heavy atom. The summed E-state index contributed by atoms with van der Waals surface area (Å²) in [6, 6.07) is 4.23. The molecule has 0 spiro atoms. The number of aliphatic imine (C=N–C) groups is 1. The molecule has 0 aliphatic heterocycles. The van der Waals surface area contributed by atoms with E-state index in [2.05, 4.69) is 49.8 Å². The predicted molar refractivity (Wildman–Crippen MR) is 144 cm³/mol. The number of fused-ring (bicyclic) bond motifs is 1. The minimum Gasteiger partial charge on any atom is -0.479 e. The van der Waals surface area contributed by atoms with Crippen LogP contribution in [0.5, 0.6) is 5.75 Å². The second-order valence-corrected chi connectivity index (χ2v) is 11.4. The molecule has 1 fully saturated rings. The van der Waals surface area contributed by atoms with Crippen molar-refractivity contribution in [1.82, 2.24) is 5.32 Å². The highest BCUT2D eigenvalue weighted by Crippen LogP contribution is 2.40. The molecule has 1 aromatic heterocycles. The number of hydrogen-bond acceptors (Lipinski definition) is 4. The largest absolute Gasteiger partial charge is 0.479 e. The van der Waals surface area contributed by atoms with Crippen LogP contribution in [0.4, 0.5) is 5.00 Å². The maximum Gasteiger partial charge on any atom is 0.254 e. The topological polar surface area (TPSA) is 50.7 Å². The Bertz CT molecular complexity index is 1070. The third kappa shape index (κ3) is 5.57. The average Bonchev–Trinajstić information content (AvgIpc) is 3.16. The van der Waals surface area contributed by atoms with Crippen molar-refractivity contribution >= 4 is 67.0 Å². The van der Waals surface area contributed by atoms with Gasteiger partial charge in [-0.05, 0) is 78.8 Å². The standard InChI is InChI=1S/C25H26BrIN2O2S/c1-2-12-31-23-16(13-17(26)14-20(23)27)15-28-25-22(19-10-6-7-11-21(19)32-25)24(30)29-18-8-4-3-5-9-18/h1,13-15,18H,3-12H2,(H,29,30). The van der Waals surface area contributed by atoms with Gasteiger partial charge in [-0.25, -0.2) is 4.99 Å². The minimum absolute atomic E-state index is 0.0380. The molecule has 2 aliphatic rings. The number of carbonyl (C=O) groups excluding carboxylic acids is 1. The van der Waals surface area contributed by atoms with Gasteiger partial charge in [0.2, 0.25) is 0 Å². The molecular formula is C25H26BrIN2O2S. The fourth-order valence-electron chi connectivity index (χ4n) is 4.45. The smallest absolute Gasteiger partial charge is 0.254 e. The number of nitrogens with zero attached hydrogens (tertiary/aromatic N) is 1. The zero-order chi connectivity index (χ0) is 22.5. The van der Waals surface area contributed by atoms with Crippen molar-refractivity contribution in [3.63, 3.8) is 0 Å². The van der Waals surface area contributed by atoms with E-state index in [1.165, 1.54) is 36.1 Å². The van der Waals surface area contributed by atoms with Crippen molar-refractivity contribution in [3.8, 4) is 18.1 Å². The van der Waals surface area contributed by atoms with Gasteiger partial charge in [0.15, 0.2) is 0 Å². The number of nitrogens with one attached hydrogen (secondary N) is 1. The van der Waals surface area contributed by atoms with Crippen molar-refractivity contribution in [2.75, 3.05) is 6.61 Å². The molecule has 2 aliphatic carbocycles. The van der Waals surface area contributed by atoms with Gasteiger partial charge < -0.3 is 10.1 Å². The summed E-state index contributed by atoms with van der Waals surface area (Å²) >= 11 is 7.45. The quantitative estimate of drug-likeness (QED) is 0.218. The first-order valence-corrected chi connectivity index (χ1v) is 13.8. The number of amides is 1. The Morgan fingerprint density at radius 3 is 2.84 bits per heavy atom. The van der Waals surface area contributed by atoms with Crippen LogP contribution in [0.25, 0.3) is 0 Å². The molecule has 4 nitrogen and oxygen atoms in total. The lowest BCUT2D eigenvalue weighted by Gasteiger charge is -2.23. The van der Waals surface area contributed by atoms with Crippen molar-refractivity contribution in [1.29, 1.82) is 0 Å². The van der Waals surface area contributed by atoms with Crippen LogP contribution < -0.4 is 10.1 Å². The van der Waals surface area contributed by atoms with Gasteiger partial charge in [-0.1, -0.05) is 41.1 Å². The lowest BCUT2D eigenvalue weighted by Crippen LogP contribution is -2.36. The molecule has 1 aromatic carbocycles. The van der Waals surface area contributed by atoms with Gasteiger partial charge in [-0.15, -0.1) is 17.8 Å². The Labute approximate surface area is 215 Å². The molecule has 0 bridgehead atoms. The van der Waals surface area contributed by atoms with Gasteiger partial charge in [-0.2, -0.15) is 0 Å². The van der Waals surface area contributed by atoms with E-state index in [0.717, 1.165) is 56.3 Å². The highest BCUT2D eigenvalue weighted by Gasteiger charge is 2.27. The molecule has 0 unspecified atom stereocenters. The van der Waals surface area contributed by atoms with Gasteiger partial charge in [0, 0.05) is 27.2 Å². The van der Waals surface area contributed by atoms with E-state index in [1.807, 2.05) is 12.1 Å². The predicted octanol–water partition coefficient (Wildman–Crippen LogP) is 6.82. The second kappa shape index (κ2) is 11.2. The minimum atomic E-state index is 0.0380. The van der Waals surface area contributed by atoms with E-state index in [9.17, 15) is 4.79 Å². The SMILES string of the molecule is C#CCOc1c(I)cc(Br)cc1C=Nc1sc2c(c1C(=O)NC1CCCCC1)CCCC2. The van der Waals surface area contributed by atoms with Crippen molar-refractivity contribution in [3.05, 3.63) is 41.7 Å². The molecule has 1 amide bonds. The molecule has 1 heterocycles. The maximum absolute atomic E-state index is 13.4. The number of terminal acetylenes is 1. The van der Waals surface area contributed by atoms with E-state index < -0.39 is 0 Å². The third-order valence-corrected chi connectivity index (χ3v) is 8.44. The maximum atomic E-state index is 13.4. The van der Waals surface area contributed by atoms with E-state index in [1.54, 1.807) is 17.6 Å². The Balaban J connectivity index is 1.67. The number of benzene rings is 1. The lowest BCUT2D eigenvalue weighted by molar-refractivity contribution is 0.0927. The molecule has 1 N–H and O–H groups in total. The highest BCUT2D eigenvalue weighted by atomic mass is 127. The Hall–Kier alpha value is -1.37. The lowest BCUT2D eigenvalue weighted by atomic mass is 9.93. The number of hydrogen-bond donors (Lipinski definition) is 1. The van der Waals surface area contributed by atoms with Gasteiger partial charge in [0.1, 0.15) is 17.4 Å². The van der Waals surface area contributed by atoms with E-state index in [0.29, 0.717) is 5.75 Å². The molecule has 0 atom stereocenters. The summed E-state index contributed by atoms with van der Waals surface area (Å²) in [5, 5.41) is 4.10. The van der Waals surface area contributed by atoms with E-state index in [-0.39, 0.29) is 18.6 Å². The normalized spacial score (nSPS) is 16.5. The third-order valence-electron chi connectivity index (χ3n) is 5.98. The molecular weight excluding hydrogens is 599 g/mol. The highest BCUT2D eigenvalue weighted by molar-refractivity contribution is 14.1. The summed E-state index contributed by atoms with van der Waals surface area (Å²) in [4.78, 5) is 19.5. The molecule has 7 heteroatoms. The first-order valence-electron chi connectivity index (χ1n) is 11.1. The van der Waals surface area contributed by atoms with Crippen LogP contribution in [0, 0.1) is 15.9 Å². The van der Waals surface area contributed by atoms with Crippen LogP contribution in [-0.4, -0.2) is 24.8 Å². The van der Waals surface area contributed by atoms with Crippen LogP contribution in [0.3, 0.4) is 0 Å². The average molecular weight is 625 g/mol. The Morgan fingerprint density at radius 1 is 1.28 bits per heavy atom. The fourth-order valence-corrected chi connectivity index (χ4v) is 7.39. The van der Waals surface area contributed by atoms with Gasteiger partial charge in [0.05, 0.1) is 9.13 Å². The molecule has 2 aromatic rings. The number of thiophene rings is 1. The van der Waals surface area contributed by atoms with Crippen LogP contribution in [0.2, 0.25) is 0 Å². The molecule has 32 heavy (non-hydrogen) atoms. The Kier molecular flexibility index (Phi) is 8.30. The van der Waals surface area contributed by atoms with Crippen LogP contribution in [-0.2, 0) is 12.8 Å². The van der Waals surface area contributed by atoms with Crippen LogP contribution in [0.15, 0.2) is 21.6 Å². The summed E-state index contributed by atoms with van der Waals surface area (Å²) in [6.45, 7) is 0.195. The monoisotopic (exact) mass is 624 g/mol. The molecule has 1 saturated carbocycles.